The number of piperidine rings is 2. The normalized spacial score (nSPS) is 15.5. The number of nitrogens with zero attached hydrogens (tertiary/aromatic N) is 6. The Bertz CT molecular complexity index is 3060. The van der Waals surface area contributed by atoms with Crippen molar-refractivity contribution < 1.29 is 28.2 Å². The molecule has 0 atom stereocenters. The lowest BCUT2D eigenvalue weighted by Crippen LogP contribution is -2.39. The van der Waals surface area contributed by atoms with Crippen molar-refractivity contribution in [3.8, 4) is 22.6 Å². The van der Waals surface area contributed by atoms with Gasteiger partial charge >= 0.3 is 5.97 Å². The number of carbonyl (C=O) groups is 1. The summed E-state index contributed by atoms with van der Waals surface area (Å²) >= 11 is 0. The lowest BCUT2D eigenvalue weighted by Gasteiger charge is -2.32. The Balaban J connectivity index is 0.000000171. The topological polar surface area (TPSA) is 197 Å². The molecule has 2 aliphatic heterocycles. The van der Waals surface area contributed by atoms with Crippen molar-refractivity contribution in [1.29, 1.82) is 0 Å². The molecule has 67 heavy (non-hydrogen) atoms. The van der Waals surface area contributed by atoms with Crippen LogP contribution in [0.4, 0.5) is 11.4 Å². The zero-order valence-electron chi connectivity index (χ0n) is 37.9. The Morgan fingerprint density at radius 3 is 1.55 bits per heavy atom. The fourth-order valence-electron chi connectivity index (χ4n) is 9.28. The van der Waals surface area contributed by atoms with E-state index in [1.807, 2.05) is 93.6 Å². The van der Waals surface area contributed by atoms with E-state index in [0.717, 1.165) is 101 Å². The first-order valence-corrected chi connectivity index (χ1v) is 22.7. The Hall–Kier alpha value is -7.07. The molecule has 10 rings (SSSR count). The number of para-hydroxylation sites is 2. The molecule has 0 unspecified atom stereocenters. The molecule has 8 aromatic rings. The number of hydrogen-bond donors (Lipinski definition) is 1. The smallest absolute Gasteiger partial charge is 0.306 e. The minimum absolute atomic E-state index is 0.0898. The number of ether oxygens (including phenoxy) is 1. The summed E-state index contributed by atoms with van der Waals surface area (Å²) in [7, 11) is 0. The minimum atomic E-state index is -0.483. The van der Waals surface area contributed by atoms with Gasteiger partial charge in [0.05, 0.1) is 9.85 Å². The number of hydrogen-bond acceptors (Lipinski definition) is 13. The number of nitro groups is 2. The van der Waals surface area contributed by atoms with Crippen LogP contribution in [0.3, 0.4) is 0 Å². The van der Waals surface area contributed by atoms with Crippen molar-refractivity contribution in [2.45, 2.75) is 77.6 Å². The van der Waals surface area contributed by atoms with E-state index in [1.54, 1.807) is 36.9 Å². The molecule has 0 radical (unpaired) electrons. The fourth-order valence-corrected chi connectivity index (χ4v) is 9.28. The number of furan rings is 2. The SMILES string of the molecule is CC(C)(C)OC(=O)CC1CCN(Cc2cc3c(-c4cc5ccccc5o4)cncc3cc2[N+](=O)[O-])CC1.NC1CCN(Cc2cc3c(-c4cc5ccccc5o4)cncc3cc2[N+](=O)[O-])CC1. The summed E-state index contributed by atoms with van der Waals surface area (Å²) in [4.78, 5) is 48.4. The lowest BCUT2D eigenvalue weighted by molar-refractivity contribution is -0.385. The van der Waals surface area contributed by atoms with Crippen LogP contribution in [0.25, 0.3) is 66.1 Å². The maximum absolute atomic E-state index is 12.2. The zero-order valence-corrected chi connectivity index (χ0v) is 37.9. The number of esters is 1. The molecule has 344 valence electrons. The second kappa shape index (κ2) is 19.0. The highest BCUT2D eigenvalue weighted by molar-refractivity contribution is 5.99. The van der Waals surface area contributed by atoms with Gasteiger partial charge in [-0.2, -0.15) is 0 Å². The Morgan fingerprint density at radius 2 is 1.12 bits per heavy atom. The van der Waals surface area contributed by atoms with Crippen molar-refractivity contribution in [2.75, 3.05) is 26.2 Å². The van der Waals surface area contributed by atoms with Crippen molar-refractivity contribution >= 4 is 60.8 Å². The van der Waals surface area contributed by atoms with Gasteiger partial charge in [-0.3, -0.25) is 44.8 Å². The van der Waals surface area contributed by atoms with E-state index in [9.17, 15) is 25.0 Å². The van der Waals surface area contributed by atoms with Gasteiger partial charge in [0.2, 0.25) is 0 Å². The van der Waals surface area contributed by atoms with Crippen LogP contribution in [-0.4, -0.2) is 73.4 Å². The first-order valence-electron chi connectivity index (χ1n) is 22.7. The molecule has 0 saturated carbocycles. The highest BCUT2D eigenvalue weighted by Gasteiger charge is 2.28. The average molecular weight is 904 g/mol. The van der Waals surface area contributed by atoms with Crippen molar-refractivity contribution in [3.63, 3.8) is 0 Å². The number of rotatable bonds is 10. The summed E-state index contributed by atoms with van der Waals surface area (Å²) in [5.74, 6) is 1.49. The van der Waals surface area contributed by atoms with E-state index in [1.165, 1.54) is 0 Å². The molecule has 0 aliphatic carbocycles. The number of pyridine rings is 2. The summed E-state index contributed by atoms with van der Waals surface area (Å²) < 4.78 is 17.6. The number of aromatic nitrogens is 2. The molecule has 2 fully saturated rings. The largest absolute Gasteiger partial charge is 0.460 e. The number of nitro benzene ring substituents is 2. The third-order valence-corrected chi connectivity index (χ3v) is 12.7. The predicted molar refractivity (Wildman–Crippen MR) is 258 cm³/mol. The Kier molecular flexibility index (Phi) is 12.8. The van der Waals surface area contributed by atoms with E-state index < -0.39 is 5.60 Å². The van der Waals surface area contributed by atoms with Gasteiger partial charge in [0.25, 0.3) is 11.4 Å². The van der Waals surface area contributed by atoms with Crippen LogP contribution in [0, 0.1) is 26.1 Å². The lowest BCUT2D eigenvalue weighted by atomic mass is 9.93. The van der Waals surface area contributed by atoms with Crippen LogP contribution in [0.2, 0.25) is 0 Å². The molecular weight excluding hydrogens is 851 g/mol. The summed E-state index contributed by atoms with van der Waals surface area (Å²) in [6.07, 6.45) is 10.8. The molecule has 0 bridgehead atoms. The van der Waals surface area contributed by atoms with Gasteiger partial charge in [-0.25, -0.2) is 0 Å². The maximum atomic E-state index is 12.2. The van der Waals surface area contributed by atoms with E-state index in [0.29, 0.717) is 47.5 Å². The molecule has 2 aliphatic rings. The van der Waals surface area contributed by atoms with Gasteiger partial charge in [0.1, 0.15) is 28.3 Å². The van der Waals surface area contributed by atoms with Gasteiger partial charge in [-0.1, -0.05) is 36.4 Å². The quantitative estimate of drug-likeness (QED) is 0.0773. The van der Waals surface area contributed by atoms with Gasteiger partial charge < -0.3 is 19.3 Å². The highest BCUT2D eigenvalue weighted by atomic mass is 16.6. The van der Waals surface area contributed by atoms with E-state index in [2.05, 4.69) is 19.8 Å². The molecule has 2 saturated heterocycles. The first-order chi connectivity index (χ1) is 32.2. The highest BCUT2D eigenvalue weighted by Crippen LogP contribution is 2.38. The van der Waals surface area contributed by atoms with Crippen LogP contribution in [0.5, 0.6) is 0 Å². The maximum Gasteiger partial charge on any atom is 0.306 e. The Morgan fingerprint density at radius 1 is 0.672 bits per heavy atom. The van der Waals surface area contributed by atoms with Gasteiger partial charge in [0, 0.05) is 106 Å². The second-order valence-electron chi connectivity index (χ2n) is 18.7. The molecule has 0 spiro atoms. The standard InChI is InChI=1S/C29H31N3O5.C23H22N4O3/c1-29(2,3)37-28(33)12-19-8-10-31(11-9-19)18-22-13-23-21(14-25(22)32(34)35)16-30-17-24(23)27-15-20-6-4-5-7-26(20)36-27;24-18-5-7-26(8-6-18)14-17-9-19-16(10-21(17)27(28)29)12-25-13-20(19)23-11-15-3-1-2-4-22(15)30-23/h4-7,13-17,19H,8-12,18H2,1-3H3;1-4,9-13,18H,5-8,14,24H2. The number of benzene rings is 4. The fraction of sp³-hybridized carbons (Fsp3) is 0.327. The van der Waals surface area contributed by atoms with Crippen LogP contribution in [0.1, 0.15) is 64.0 Å². The number of fused-ring (bicyclic) bond motifs is 4. The number of carbonyl (C=O) groups excluding carboxylic acids is 1. The van der Waals surface area contributed by atoms with Gasteiger partial charge in [-0.15, -0.1) is 0 Å². The predicted octanol–water partition coefficient (Wildman–Crippen LogP) is 11.0. The first kappa shape index (κ1) is 45.1. The number of likely N-dealkylation sites (tertiary alicyclic amines) is 2. The van der Waals surface area contributed by atoms with E-state index >= 15 is 0 Å². The summed E-state index contributed by atoms with van der Waals surface area (Å²) in [5, 5.41) is 28.9. The minimum Gasteiger partial charge on any atom is -0.460 e. The number of nitrogens with two attached hydrogens (primary N) is 1. The van der Waals surface area contributed by atoms with Gasteiger partial charge in [-0.05, 0) is 126 Å². The van der Waals surface area contributed by atoms with Crippen LogP contribution < -0.4 is 5.73 Å². The van der Waals surface area contributed by atoms with Crippen molar-refractivity contribution in [1.82, 2.24) is 19.8 Å². The van der Waals surface area contributed by atoms with Crippen molar-refractivity contribution in [2.24, 2.45) is 11.7 Å². The Labute approximate surface area is 386 Å². The summed E-state index contributed by atoms with van der Waals surface area (Å²) in [6.45, 7) is 9.87. The molecule has 4 aromatic carbocycles. The molecule has 15 heteroatoms. The third kappa shape index (κ3) is 10.3. The molecule has 0 amide bonds. The van der Waals surface area contributed by atoms with Crippen LogP contribution >= 0.6 is 0 Å². The molecule has 6 heterocycles. The van der Waals surface area contributed by atoms with Crippen molar-refractivity contribution in [3.05, 3.63) is 141 Å². The third-order valence-electron chi connectivity index (χ3n) is 12.7. The van der Waals surface area contributed by atoms with E-state index in [4.69, 9.17) is 19.3 Å². The monoisotopic (exact) mass is 903 g/mol. The zero-order chi connectivity index (χ0) is 46.8. The molecule has 2 N–H and O–H groups in total. The van der Waals surface area contributed by atoms with Crippen LogP contribution in [-0.2, 0) is 22.6 Å². The second-order valence-corrected chi connectivity index (χ2v) is 18.7. The van der Waals surface area contributed by atoms with E-state index in [-0.39, 0.29) is 39.2 Å². The summed E-state index contributed by atoms with van der Waals surface area (Å²) in [6, 6.07) is 26.9. The van der Waals surface area contributed by atoms with Crippen LogP contribution in [0.15, 0.2) is 119 Å². The summed E-state index contributed by atoms with van der Waals surface area (Å²) in [5.41, 5.74) is 10.3. The molecule has 4 aromatic heterocycles. The average Bonchev–Trinajstić information content (AvgIpc) is 3.94. The van der Waals surface area contributed by atoms with Gasteiger partial charge in [0.15, 0.2) is 0 Å². The molecule has 15 nitrogen and oxygen atoms in total. The molecular formula is C52H53N7O8.